The summed E-state index contributed by atoms with van der Waals surface area (Å²) in [5.41, 5.74) is 0. The smallest absolute Gasteiger partial charge is 0.407 e. The highest BCUT2D eigenvalue weighted by molar-refractivity contribution is 5.81. The SMILES string of the molecule is CCCCOC(=O)[C@@H](NC(=O)OCC)C(C)CC. The van der Waals surface area contributed by atoms with Crippen molar-refractivity contribution in [1.82, 2.24) is 5.32 Å². The molecule has 0 aromatic heterocycles. The quantitative estimate of drug-likeness (QED) is 0.537. The van der Waals surface area contributed by atoms with Gasteiger partial charge in [-0.05, 0) is 19.3 Å². The number of esters is 1. The Morgan fingerprint density at radius 1 is 1.17 bits per heavy atom. The van der Waals surface area contributed by atoms with Gasteiger partial charge in [-0.25, -0.2) is 9.59 Å². The molecule has 0 aliphatic rings. The van der Waals surface area contributed by atoms with E-state index in [1.54, 1.807) is 6.92 Å². The summed E-state index contributed by atoms with van der Waals surface area (Å²) < 4.78 is 9.92. The highest BCUT2D eigenvalue weighted by Gasteiger charge is 2.27. The number of ether oxygens (including phenoxy) is 2. The van der Waals surface area contributed by atoms with Crippen LogP contribution in [0.1, 0.15) is 47.0 Å². The maximum Gasteiger partial charge on any atom is 0.407 e. The molecule has 0 heterocycles. The monoisotopic (exact) mass is 259 g/mol. The van der Waals surface area contributed by atoms with Crippen LogP contribution in [0, 0.1) is 5.92 Å². The Morgan fingerprint density at radius 3 is 2.33 bits per heavy atom. The van der Waals surface area contributed by atoms with Gasteiger partial charge in [0.25, 0.3) is 0 Å². The van der Waals surface area contributed by atoms with Crippen molar-refractivity contribution in [3.05, 3.63) is 0 Å². The molecule has 5 nitrogen and oxygen atoms in total. The molecule has 1 unspecified atom stereocenters. The third kappa shape index (κ3) is 6.47. The second kappa shape index (κ2) is 9.74. The van der Waals surface area contributed by atoms with Gasteiger partial charge in [0.2, 0.25) is 0 Å². The van der Waals surface area contributed by atoms with E-state index in [2.05, 4.69) is 5.32 Å². The number of carbonyl (C=O) groups is 2. The molecule has 0 radical (unpaired) electrons. The number of alkyl carbamates (subject to hydrolysis) is 1. The van der Waals surface area contributed by atoms with Crippen molar-refractivity contribution in [3.8, 4) is 0 Å². The van der Waals surface area contributed by atoms with Crippen molar-refractivity contribution in [2.24, 2.45) is 5.92 Å². The first-order valence-electron chi connectivity index (χ1n) is 6.66. The number of carbonyl (C=O) groups excluding carboxylic acids is 2. The average Bonchev–Trinajstić information content (AvgIpc) is 2.35. The molecule has 0 aliphatic heterocycles. The fourth-order valence-corrected chi connectivity index (χ4v) is 1.38. The van der Waals surface area contributed by atoms with Crippen LogP contribution in [0.4, 0.5) is 4.79 Å². The Balaban J connectivity index is 4.37. The maximum absolute atomic E-state index is 11.9. The fourth-order valence-electron chi connectivity index (χ4n) is 1.38. The largest absolute Gasteiger partial charge is 0.464 e. The molecule has 0 rings (SSSR count). The minimum atomic E-state index is -0.633. The van der Waals surface area contributed by atoms with Crippen LogP contribution in [-0.2, 0) is 14.3 Å². The number of nitrogens with one attached hydrogen (secondary N) is 1. The third-order valence-electron chi connectivity index (χ3n) is 2.76. The molecule has 0 saturated heterocycles. The molecule has 0 aliphatic carbocycles. The summed E-state index contributed by atoms with van der Waals surface area (Å²) in [5, 5.41) is 2.56. The molecule has 0 saturated carbocycles. The van der Waals surface area contributed by atoms with Gasteiger partial charge >= 0.3 is 12.1 Å². The lowest BCUT2D eigenvalue weighted by atomic mass is 9.99. The average molecular weight is 259 g/mol. The van der Waals surface area contributed by atoms with E-state index in [0.717, 1.165) is 19.3 Å². The second-order valence-corrected chi connectivity index (χ2v) is 4.25. The molecule has 0 fully saturated rings. The molecular formula is C13H25NO4. The van der Waals surface area contributed by atoms with Gasteiger partial charge < -0.3 is 14.8 Å². The molecular weight excluding hydrogens is 234 g/mol. The molecule has 2 atom stereocenters. The number of hydrogen-bond acceptors (Lipinski definition) is 4. The molecule has 18 heavy (non-hydrogen) atoms. The Labute approximate surface area is 109 Å². The van der Waals surface area contributed by atoms with Gasteiger partial charge in [0.15, 0.2) is 0 Å². The van der Waals surface area contributed by atoms with Crippen LogP contribution < -0.4 is 5.32 Å². The molecule has 0 aromatic carbocycles. The van der Waals surface area contributed by atoms with E-state index in [-0.39, 0.29) is 18.5 Å². The maximum atomic E-state index is 11.9. The van der Waals surface area contributed by atoms with E-state index in [1.807, 2.05) is 20.8 Å². The zero-order chi connectivity index (χ0) is 14.0. The summed E-state index contributed by atoms with van der Waals surface area (Å²) in [5.74, 6) is -0.366. The normalized spacial score (nSPS) is 13.6. The molecule has 1 N–H and O–H groups in total. The molecule has 106 valence electrons. The van der Waals surface area contributed by atoms with Crippen LogP contribution in [0.5, 0.6) is 0 Å². The summed E-state index contributed by atoms with van der Waals surface area (Å²) in [6.45, 7) is 8.28. The molecule has 0 bridgehead atoms. The summed E-state index contributed by atoms with van der Waals surface area (Å²) >= 11 is 0. The Kier molecular flexibility index (Phi) is 9.06. The highest BCUT2D eigenvalue weighted by atomic mass is 16.6. The lowest BCUT2D eigenvalue weighted by Crippen LogP contribution is -2.46. The summed E-state index contributed by atoms with van der Waals surface area (Å²) in [4.78, 5) is 23.2. The standard InChI is InChI=1S/C13H25NO4/c1-5-8-9-18-12(15)11(10(4)6-2)14-13(16)17-7-3/h10-11H,5-9H2,1-4H3,(H,14,16)/t10?,11-/m0/s1. The first-order valence-corrected chi connectivity index (χ1v) is 6.66. The molecule has 0 aromatic rings. The summed E-state index contributed by atoms with van der Waals surface area (Å²) in [6, 6.07) is -0.633. The lowest BCUT2D eigenvalue weighted by Gasteiger charge is -2.22. The summed E-state index contributed by atoms with van der Waals surface area (Å²) in [7, 11) is 0. The van der Waals surface area contributed by atoms with E-state index in [4.69, 9.17) is 9.47 Å². The van der Waals surface area contributed by atoms with Gasteiger partial charge in [-0.3, -0.25) is 0 Å². The minimum Gasteiger partial charge on any atom is -0.464 e. The third-order valence-corrected chi connectivity index (χ3v) is 2.76. The van der Waals surface area contributed by atoms with Crippen LogP contribution >= 0.6 is 0 Å². The second-order valence-electron chi connectivity index (χ2n) is 4.25. The van der Waals surface area contributed by atoms with Crippen LogP contribution in [0.2, 0.25) is 0 Å². The minimum absolute atomic E-state index is 0.0172. The number of rotatable bonds is 8. The van der Waals surface area contributed by atoms with Crippen LogP contribution in [0.25, 0.3) is 0 Å². The van der Waals surface area contributed by atoms with Gasteiger partial charge in [-0.15, -0.1) is 0 Å². The van der Waals surface area contributed by atoms with Crippen molar-refractivity contribution in [3.63, 3.8) is 0 Å². The zero-order valence-electron chi connectivity index (χ0n) is 11.8. The van der Waals surface area contributed by atoms with E-state index in [1.165, 1.54) is 0 Å². The Morgan fingerprint density at radius 2 is 1.83 bits per heavy atom. The fraction of sp³-hybridized carbons (Fsp3) is 0.846. The lowest BCUT2D eigenvalue weighted by molar-refractivity contribution is -0.147. The van der Waals surface area contributed by atoms with Crippen molar-refractivity contribution in [1.29, 1.82) is 0 Å². The molecule has 0 spiro atoms. The predicted octanol–water partition coefficient (Wildman–Crippen LogP) is 2.49. The van der Waals surface area contributed by atoms with Crippen molar-refractivity contribution < 1.29 is 19.1 Å². The highest BCUT2D eigenvalue weighted by Crippen LogP contribution is 2.10. The molecule has 5 heteroatoms. The van der Waals surface area contributed by atoms with E-state index >= 15 is 0 Å². The number of unbranched alkanes of at least 4 members (excludes halogenated alkanes) is 1. The molecule has 1 amide bonds. The topological polar surface area (TPSA) is 64.6 Å². The van der Waals surface area contributed by atoms with E-state index in [0.29, 0.717) is 6.61 Å². The van der Waals surface area contributed by atoms with Gasteiger partial charge in [0.1, 0.15) is 6.04 Å². The first kappa shape index (κ1) is 16.7. The number of amides is 1. The van der Waals surface area contributed by atoms with Gasteiger partial charge in [0, 0.05) is 0 Å². The van der Waals surface area contributed by atoms with Gasteiger partial charge in [0.05, 0.1) is 13.2 Å². The Bertz CT molecular complexity index is 255. The Hall–Kier alpha value is -1.26. The number of hydrogen-bond donors (Lipinski definition) is 1. The first-order chi connectivity index (χ1) is 8.56. The van der Waals surface area contributed by atoms with Crippen molar-refractivity contribution >= 4 is 12.1 Å². The van der Waals surface area contributed by atoms with Crippen LogP contribution in [-0.4, -0.2) is 31.3 Å². The summed E-state index contributed by atoms with van der Waals surface area (Å²) in [6.07, 6.45) is 2.00. The van der Waals surface area contributed by atoms with Crippen molar-refractivity contribution in [2.45, 2.75) is 53.0 Å². The zero-order valence-corrected chi connectivity index (χ0v) is 11.8. The van der Waals surface area contributed by atoms with Gasteiger partial charge in [-0.1, -0.05) is 33.6 Å². The van der Waals surface area contributed by atoms with E-state index < -0.39 is 12.1 Å². The van der Waals surface area contributed by atoms with Gasteiger partial charge in [-0.2, -0.15) is 0 Å². The van der Waals surface area contributed by atoms with Crippen molar-refractivity contribution in [2.75, 3.05) is 13.2 Å². The van der Waals surface area contributed by atoms with E-state index in [9.17, 15) is 9.59 Å². The van der Waals surface area contributed by atoms with Crippen LogP contribution in [0.15, 0.2) is 0 Å². The van der Waals surface area contributed by atoms with Crippen LogP contribution in [0.3, 0.4) is 0 Å². The predicted molar refractivity (Wildman–Crippen MR) is 69.3 cm³/mol.